The maximum Gasteiger partial charge on any atom is 0.191 e. The Balaban J connectivity index is 1.98. The van der Waals surface area contributed by atoms with Crippen molar-refractivity contribution in [3.05, 3.63) is 65.5 Å². The average molecular weight is 280 g/mol. The van der Waals surface area contributed by atoms with Crippen molar-refractivity contribution in [2.24, 2.45) is 0 Å². The molecule has 0 saturated carbocycles. The van der Waals surface area contributed by atoms with Crippen molar-refractivity contribution in [3.8, 4) is 5.75 Å². The lowest BCUT2D eigenvalue weighted by molar-refractivity contribution is -0.120. The maximum atomic E-state index is 13.3. The molecule has 0 saturated heterocycles. The number of halogens is 3. The highest BCUT2D eigenvalue weighted by molar-refractivity contribution is 5.82. The van der Waals surface area contributed by atoms with Crippen LogP contribution in [-0.2, 0) is 11.2 Å². The Bertz CT molecular complexity index is 606. The Morgan fingerprint density at radius 2 is 1.50 bits per heavy atom. The third-order valence-corrected chi connectivity index (χ3v) is 2.64. The Kier molecular flexibility index (Phi) is 4.40. The van der Waals surface area contributed by atoms with Gasteiger partial charge in [0.05, 0.1) is 0 Å². The van der Waals surface area contributed by atoms with Gasteiger partial charge >= 0.3 is 0 Å². The van der Waals surface area contributed by atoms with Crippen molar-refractivity contribution in [1.29, 1.82) is 0 Å². The molecular weight excluding hydrogens is 269 g/mol. The molecule has 0 bridgehead atoms. The van der Waals surface area contributed by atoms with Crippen molar-refractivity contribution in [3.63, 3.8) is 0 Å². The van der Waals surface area contributed by atoms with Crippen molar-refractivity contribution in [2.75, 3.05) is 6.61 Å². The molecule has 0 N–H and O–H groups in total. The molecule has 0 aliphatic rings. The first-order valence-electron chi connectivity index (χ1n) is 5.90. The molecule has 0 fully saturated rings. The van der Waals surface area contributed by atoms with Gasteiger partial charge in [0.25, 0.3) is 0 Å². The topological polar surface area (TPSA) is 26.3 Å². The summed E-state index contributed by atoms with van der Waals surface area (Å²) in [5.74, 6) is -3.35. The molecule has 0 aliphatic heterocycles. The van der Waals surface area contributed by atoms with Gasteiger partial charge in [-0.3, -0.25) is 4.79 Å². The van der Waals surface area contributed by atoms with Crippen LogP contribution in [0.3, 0.4) is 0 Å². The van der Waals surface area contributed by atoms with E-state index in [1.54, 1.807) is 6.07 Å². The first-order chi connectivity index (χ1) is 9.58. The second kappa shape index (κ2) is 6.23. The molecule has 0 heterocycles. The molecule has 20 heavy (non-hydrogen) atoms. The van der Waals surface area contributed by atoms with Crippen molar-refractivity contribution in [2.45, 2.75) is 6.42 Å². The Hall–Kier alpha value is -2.30. The van der Waals surface area contributed by atoms with Crippen LogP contribution in [0, 0.1) is 17.5 Å². The normalized spacial score (nSPS) is 10.3. The van der Waals surface area contributed by atoms with Gasteiger partial charge < -0.3 is 4.74 Å². The Labute approximate surface area is 113 Å². The second-order valence-electron chi connectivity index (χ2n) is 4.15. The van der Waals surface area contributed by atoms with Crippen molar-refractivity contribution in [1.82, 2.24) is 0 Å². The molecule has 2 aromatic carbocycles. The number of para-hydroxylation sites is 1. The third kappa shape index (κ3) is 3.38. The molecule has 0 radical (unpaired) electrons. The zero-order valence-corrected chi connectivity index (χ0v) is 10.4. The van der Waals surface area contributed by atoms with E-state index in [4.69, 9.17) is 4.74 Å². The van der Waals surface area contributed by atoms with Gasteiger partial charge in [-0.1, -0.05) is 24.3 Å². The standard InChI is InChI=1S/C15H11F3O2/c16-12-5-2-1-4-10(12)8-11(19)9-20-15-13(17)6-3-7-14(15)18/h1-7H,8-9H2. The highest BCUT2D eigenvalue weighted by Gasteiger charge is 2.13. The van der Waals surface area contributed by atoms with Gasteiger partial charge in [-0.15, -0.1) is 0 Å². The van der Waals surface area contributed by atoms with Crippen LogP contribution in [-0.4, -0.2) is 12.4 Å². The van der Waals surface area contributed by atoms with Gasteiger partial charge in [-0.05, 0) is 23.8 Å². The zero-order chi connectivity index (χ0) is 14.5. The first kappa shape index (κ1) is 14.1. The summed E-state index contributed by atoms with van der Waals surface area (Å²) in [7, 11) is 0. The van der Waals surface area contributed by atoms with Gasteiger partial charge in [0.15, 0.2) is 23.2 Å². The van der Waals surface area contributed by atoms with Crippen LogP contribution in [0.15, 0.2) is 42.5 Å². The SMILES string of the molecule is O=C(COc1c(F)cccc1F)Cc1ccccc1F. The molecule has 0 aromatic heterocycles. The smallest absolute Gasteiger partial charge is 0.191 e. The summed E-state index contributed by atoms with van der Waals surface area (Å²) in [6, 6.07) is 9.06. The van der Waals surface area contributed by atoms with E-state index in [2.05, 4.69) is 0 Å². The van der Waals surface area contributed by atoms with E-state index in [0.29, 0.717) is 0 Å². The number of hydrogen-bond donors (Lipinski definition) is 0. The average Bonchev–Trinajstić information content (AvgIpc) is 2.41. The molecular formula is C15H11F3O2. The number of rotatable bonds is 5. The number of carbonyl (C=O) groups excluding carboxylic acids is 1. The Morgan fingerprint density at radius 1 is 0.900 bits per heavy atom. The summed E-state index contributed by atoms with van der Waals surface area (Å²) in [6.45, 7) is -0.522. The van der Waals surface area contributed by atoms with E-state index in [1.807, 2.05) is 0 Å². The lowest BCUT2D eigenvalue weighted by Gasteiger charge is -2.07. The van der Waals surface area contributed by atoms with Gasteiger partial charge in [0.1, 0.15) is 12.4 Å². The molecule has 5 heteroatoms. The monoisotopic (exact) mass is 280 g/mol. The lowest BCUT2D eigenvalue weighted by Crippen LogP contribution is -2.15. The summed E-state index contributed by atoms with van der Waals surface area (Å²) in [5.41, 5.74) is 0.218. The molecule has 0 atom stereocenters. The minimum Gasteiger partial charge on any atom is -0.480 e. The maximum absolute atomic E-state index is 13.3. The van der Waals surface area contributed by atoms with Crippen LogP contribution < -0.4 is 4.74 Å². The van der Waals surface area contributed by atoms with E-state index >= 15 is 0 Å². The summed E-state index contributed by atoms with van der Waals surface area (Å²) >= 11 is 0. The van der Waals surface area contributed by atoms with Crippen LogP contribution in [0.5, 0.6) is 5.75 Å². The van der Waals surface area contributed by atoms with Gasteiger partial charge in [-0.2, -0.15) is 0 Å². The molecule has 0 amide bonds. The molecule has 0 unspecified atom stereocenters. The van der Waals surface area contributed by atoms with E-state index in [1.165, 1.54) is 24.3 Å². The van der Waals surface area contributed by atoms with Crippen LogP contribution in [0.4, 0.5) is 13.2 Å². The largest absolute Gasteiger partial charge is 0.480 e. The van der Waals surface area contributed by atoms with Crippen LogP contribution >= 0.6 is 0 Å². The van der Waals surface area contributed by atoms with E-state index < -0.39 is 35.6 Å². The number of Topliss-reactive ketones (excluding diaryl/α,β-unsaturated/α-hetero) is 1. The fourth-order valence-corrected chi connectivity index (χ4v) is 1.68. The number of carbonyl (C=O) groups is 1. The Morgan fingerprint density at radius 3 is 2.15 bits per heavy atom. The highest BCUT2D eigenvalue weighted by Crippen LogP contribution is 2.20. The quantitative estimate of drug-likeness (QED) is 0.840. The van der Waals surface area contributed by atoms with E-state index in [0.717, 1.165) is 12.1 Å². The van der Waals surface area contributed by atoms with Crippen molar-refractivity contribution >= 4 is 5.78 Å². The molecule has 2 rings (SSSR count). The summed E-state index contributed by atoms with van der Waals surface area (Å²) < 4.78 is 44.7. The summed E-state index contributed by atoms with van der Waals surface area (Å²) in [6.07, 6.45) is -0.192. The third-order valence-electron chi connectivity index (χ3n) is 2.64. The van der Waals surface area contributed by atoms with Crippen LogP contribution in [0.2, 0.25) is 0 Å². The fraction of sp³-hybridized carbons (Fsp3) is 0.133. The molecule has 2 aromatic rings. The van der Waals surface area contributed by atoms with E-state index in [9.17, 15) is 18.0 Å². The highest BCUT2D eigenvalue weighted by atomic mass is 19.1. The first-order valence-corrected chi connectivity index (χ1v) is 5.90. The fourth-order valence-electron chi connectivity index (χ4n) is 1.68. The minimum absolute atomic E-state index is 0.192. The zero-order valence-electron chi connectivity index (χ0n) is 10.4. The van der Waals surface area contributed by atoms with Crippen LogP contribution in [0.1, 0.15) is 5.56 Å². The van der Waals surface area contributed by atoms with Gasteiger partial charge in [0.2, 0.25) is 0 Å². The number of ketones is 1. The second-order valence-corrected chi connectivity index (χ2v) is 4.15. The molecule has 0 spiro atoms. The molecule has 104 valence electrons. The minimum atomic E-state index is -0.885. The van der Waals surface area contributed by atoms with E-state index in [-0.39, 0.29) is 12.0 Å². The summed E-state index contributed by atoms with van der Waals surface area (Å²) in [4.78, 5) is 11.6. The van der Waals surface area contributed by atoms with Gasteiger partial charge in [0, 0.05) is 6.42 Å². The summed E-state index contributed by atoms with van der Waals surface area (Å²) in [5, 5.41) is 0. The molecule has 2 nitrogen and oxygen atoms in total. The number of benzene rings is 2. The predicted molar refractivity (Wildman–Crippen MR) is 67.0 cm³/mol. The van der Waals surface area contributed by atoms with Gasteiger partial charge in [-0.25, -0.2) is 13.2 Å². The number of hydrogen-bond acceptors (Lipinski definition) is 2. The van der Waals surface area contributed by atoms with Crippen LogP contribution in [0.25, 0.3) is 0 Å². The number of ether oxygens (including phenoxy) is 1. The predicted octanol–water partition coefficient (Wildman–Crippen LogP) is 3.29. The lowest BCUT2D eigenvalue weighted by atomic mass is 10.1. The molecule has 0 aliphatic carbocycles. The van der Waals surface area contributed by atoms with Crippen molar-refractivity contribution < 1.29 is 22.7 Å².